The predicted molar refractivity (Wildman–Crippen MR) is 78.9 cm³/mol. The molecular weight excluding hydrogens is 268 g/mol. The van der Waals surface area contributed by atoms with E-state index in [0.29, 0.717) is 32.0 Å². The summed E-state index contributed by atoms with van der Waals surface area (Å²) in [4.78, 5) is 28.3. The summed E-state index contributed by atoms with van der Waals surface area (Å²) in [6.45, 7) is 3.54. The SMILES string of the molecule is O=C(O)C1CCN(C(=O)[C@@H]2CCCN3CCCC[C@H]23)CC1. The normalized spacial score (nSPS) is 31.7. The molecule has 0 aromatic heterocycles. The summed E-state index contributed by atoms with van der Waals surface area (Å²) in [5.41, 5.74) is 0. The average Bonchev–Trinajstić information content (AvgIpc) is 2.53. The van der Waals surface area contributed by atoms with Crippen molar-refractivity contribution >= 4 is 11.9 Å². The topological polar surface area (TPSA) is 60.9 Å². The first kappa shape index (κ1) is 14.8. The van der Waals surface area contributed by atoms with E-state index >= 15 is 0 Å². The van der Waals surface area contributed by atoms with Crippen LogP contribution in [0.25, 0.3) is 0 Å². The Hall–Kier alpha value is -1.10. The van der Waals surface area contributed by atoms with Gasteiger partial charge < -0.3 is 10.0 Å². The number of amides is 1. The standard InChI is InChI=1S/C16H26N2O3/c19-15(18-10-6-12(7-11-18)16(20)21)13-4-3-9-17-8-2-1-5-14(13)17/h12-14H,1-11H2,(H,20,21)/t13-,14-/m1/s1. The molecule has 118 valence electrons. The van der Waals surface area contributed by atoms with Gasteiger partial charge in [0.2, 0.25) is 5.91 Å². The molecule has 5 nitrogen and oxygen atoms in total. The molecule has 3 aliphatic rings. The van der Waals surface area contributed by atoms with Crippen LogP contribution in [0.4, 0.5) is 0 Å². The van der Waals surface area contributed by atoms with Gasteiger partial charge in [-0.1, -0.05) is 6.42 Å². The highest BCUT2D eigenvalue weighted by molar-refractivity contribution is 5.80. The fourth-order valence-corrected chi connectivity index (χ4v) is 4.33. The first-order valence-electron chi connectivity index (χ1n) is 8.42. The lowest BCUT2D eigenvalue weighted by Gasteiger charge is -2.45. The minimum absolute atomic E-state index is 0.153. The molecule has 0 saturated carbocycles. The highest BCUT2D eigenvalue weighted by Crippen LogP contribution is 2.33. The number of carbonyl (C=O) groups excluding carboxylic acids is 1. The molecule has 0 aromatic rings. The first-order valence-corrected chi connectivity index (χ1v) is 8.42. The lowest BCUT2D eigenvalue weighted by Crippen LogP contribution is -2.54. The molecule has 3 rings (SSSR count). The van der Waals surface area contributed by atoms with Crippen molar-refractivity contribution in [1.29, 1.82) is 0 Å². The van der Waals surface area contributed by atoms with E-state index in [0.717, 1.165) is 32.4 Å². The van der Waals surface area contributed by atoms with Gasteiger partial charge in [0, 0.05) is 19.1 Å². The molecule has 2 atom stereocenters. The molecule has 0 unspecified atom stereocenters. The zero-order chi connectivity index (χ0) is 14.8. The van der Waals surface area contributed by atoms with Crippen LogP contribution in [0.15, 0.2) is 0 Å². The Morgan fingerprint density at radius 2 is 1.57 bits per heavy atom. The largest absolute Gasteiger partial charge is 0.481 e. The number of aliphatic carboxylic acids is 1. The number of carbonyl (C=O) groups is 2. The zero-order valence-corrected chi connectivity index (χ0v) is 12.7. The molecule has 0 spiro atoms. The number of rotatable bonds is 2. The monoisotopic (exact) mass is 294 g/mol. The molecule has 0 aromatic carbocycles. The van der Waals surface area contributed by atoms with E-state index in [1.807, 2.05) is 4.90 Å². The van der Waals surface area contributed by atoms with E-state index in [1.54, 1.807) is 0 Å². The van der Waals surface area contributed by atoms with Gasteiger partial charge in [-0.05, 0) is 51.6 Å². The molecule has 5 heteroatoms. The molecule has 0 bridgehead atoms. The minimum atomic E-state index is -0.710. The number of carboxylic acids is 1. The molecule has 3 aliphatic heterocycles. The van der Waals surface area contributed by atoms with Crippen LogP contribution in [0.3, 0.4) is 0 Å². The van der Waals surface area contributed by atoms with Gasteiger partial charge >= 0.3 is 5.97 Å². The van der Waals surface area contributed by atoms with Crippen molar-refractivity contribution < 1.29 is 14.7 Å². The van der Waals surface area contributed by atoms with E-state index in [1.165, 1.54) is 12.8 Å². The third-order valence-electron chi connectivity index (χ3n) is 5.56. The van der Waals surface area contributed by atoms with Crippen molar-refractivity contribution in [3.63, 3.8) is 0 Å². The fraction of sp³-hybridized carbons (Fsp3) is 0.875. The van der Waals surface area contributed by atoms with Crippen molar-refractivity contribution in [2.75, 3.05) is 26.2 Å². The Bertz CT molecular complexity index is 402. The van der Waals surface area contributed by atoms with Crippen LogP contribution in [0.1, 0.15) is 44.9 Å². The number of nitrogens with zero attached hydrogens (tertiary/aromatic N) is 2. The Labute approximate surface area is 126 Å². The fourth-order valence-electron chi connectivity index (χ4n) is 4.33. The van der Waals surface area contributed by atoms with Crippen LogP contribution in [0.2, 0.25) is 0 Å². The van der Waals surface area contributed by atoms with Crippen LogP contribution in [-0.2, 0) is 9.59 Å². The van der Waals surface area contributed by atoms with Crippen LogP contribution in [-0.4, -0.2) is 59.0 Å². The van der Waals surface area contributed by atoms with Gasteiger partial charge in [-0.15, -0.1) is 0 Å². The molecule has 21 heavy (non-hydrogen) atoms. The molecule has 3 fully saturated rings. The predicted octanol–water partition coefficient (Wildman–Crippen LogP) is 1.57. The van der Waals surface area contributed by atoms with E-state index in [-0.39, 0.29) is 17.7 Å². The Kier molecular flexibility index (Phi) is 4.48. The summed E-state index contributed by atoms with van der Waals surface area (Å²) in [6.07, 6.45) is 7.02. The van der Waals surface area contributed by atoms with Gasteiger partial charge in [0.05, 0.1) is 11.8 Å². The van der Waals surface area contributed by atoms with Crippen molar-refractivity contribution in [2.45, 2.75) is 51.0 Å². The van der Waals surface area contributed by atoms with Crippen LogP contribution in [0.5, 0.6) is 0 Å². The molecular formula is C16H26N2O3. The number of hydrogen-bond acceptors (Lipinski definition) is 3. The van der Waals surface area contributed by atoms with Gasteiger partial charge in [-0.3, -0.25) is 14.5 Å². The quantitative estimate of drug-likeness (QED) is 0.840. The Morgan fingerprint density at radius 1 is 0.857 bits per heavy atom. The third kappa shape index (κ3) is 3.07. The minimum Gasteiger partial charge on any atom is -0.481 e. The van der Waals surface area contributed by atoms with E-state index in [9.17, 15) is 9.59 Å². The maximum absolute atomic E-state index is 12.8. The Balaban J connectivity index is 1.61. The van der Waals surface area contributed by atoms with Crippen molar-refractivity contribution in [1.82, 2.24) is 9.80 Å². The molecule has 3 saturated heterocycles. The lowest BCUT2D eigenvalue weighted by atomic mass is 9.82. The second-order valence-electron chi connectivity index (χ2n) is 6.79. The zero-order valence-electron chi connectivity index (χ0n) is 12.7. The number of fused-ring (bicyclic) bond motifs is 1. The van der Waals surface area contributed by atoms with Gasteiger partial charge in [-0.2, -0.15) is 0 Å². The van der Waals surface area contributed by atoms with Crippen LogP contribution < -0.4 is 0 Å². The maximum atomic E-state index is 12.8. The number of likely N-dealkylation sites (tertiary alicyclic amines) is 1. The van der Waals surface area contributed by atoms with Gasteiger partial charge in [-0.25, -0.2) is 0 Å². The number of piperidine rings is 3. The Morgan fingerprint density at radius 3 is 2.29 bits per heavy atom. The molecule has 0 aliphatic carbocycles. The third-order valence-corrected chi connectivity index (χ3v) is 5.56. The number of hydrogen-bond donors (Lipinski definition) is 1. The van der Waals surface area contributed by atoms with E-state index in [4.69, 9.17) is 5.11 Å². The van der Waals surface area contributed by atoms with E-state index < -0.39 is 5.97 Å². The van der Waals surface area contributed by atoms with Crippen molar-refractivity contribution in [3.8, 4) is 0 Å². The van der Waals surface area contributed by atoms with Gasteiger partial charge in [0.1, 0.15) is 0 Å². The summed E-state index contributed by atoms with van der Waals surface area (Å²) in [7, 11) is 0. The molecule has 1 N–H and O–H groups in total. The highest BCUT2D eigenvalue weighted by Gasteiger charge is 2.39. The molecule has 0 radical (unpaired) electrons. The second-order valence-corrected chi connectivity index (χ2v) is 6.79. The average molecular weight is 294 g/mol. The van der Waals surface area contributed by atoms with Crippen LogP contribution >= 0.6 is 0 Å². The highest BCUT2D eigenvalue weighted by atomic mass is 16.4. The van der Waals surface area contributed by atoms with Crippen LogP contribution in [0, 0.1) is 11.8 Å². The molecule has 1 amide bonds. The summed E-state index contributed by atoms with van der Waals surface area (Å²) in [6, 6.07) is 0.442. The second kappa shape index (κ2) is 6.34. The van der Waals surface area contributed by atoms with E-state index in [2.05, 4.69) is 4.90 Å². The maximum Gasteiger partial charge on any atom is 0.306 e. The summed E-state index contributed by atoms with van der Waals surface area (Å²) in [5.74, 6) is -0.527. The summed E-state index contributed by atoms with van der Waals surface area (Å²) < 4.78 is 0. The summed E-state index contributed by atoms with van der Waals surface area (Å²) >= 11 is 0. The van der Waals surface area contributed by atoms with Crippen molar-refractivity contribution in [3.05, 3.63) is 0 Å². The van der Waals surface area contributed by atoms with Gasteiger partial charge in [0.25, 0.3) is 0 Å². The van der Waals surface area contributed by atoms with Crippen molar-refractivity contribution in [2.24, 2.45) is 11.8 Å². The number of carboxylic acid groups (broad SMARTS) is 1. The molecule has 3 heterocycles. The first-order chi connectivity index (χ1) is 10.2. The summed E-state index contributed by atoms with van der Waals surface area (Å²) in [5, 5.41) is 9.06. The van der Waals surface area contributed by atoms with Gasteiger partial charge in [0.15, 0.2) is 0 Å². The lowest BCUT2D eigenvalue weighted by molar-refractivity contribution is -0.148. The smallest absolute Gasteiger partial charge is 0.306 e.